The SMILES string of the molecule is O=C(O)c1c[nH]c2ccc3ncsc3c2c1=O. The number of nitrogens with one attached hydrogen (secondary N) is 1. The molecule has 0 saturated carbocycles. The molecular formula is C11H6N2O3S. The van der Waals surface area contributed by atoms with Gasteiger partial charge in [0, 0.05) is 6.20 Å². The quantitative estimate of drug-likeness (QED) is 0.686. The Hall–Kier alpha value is -2.21. The number of carboxylic acid groups (broad SMARTS) is 1. The maximum absolute atomic E-state index is 12.1. The number of carboxylic acids is 1. The maximum atomic E-state index is 12.1. The lowest BCUT2D eigenvalue weighted by Gasteiger charge is -2.00. The van der Waals surface area contributed by atoms with E-state index in [1.54, 1.807) is 17.6 Å². The van der Waals surface area contributed by atoms with Gasteiger partial charge in [-0.3, -0.25) is 4.79 Å². The van der Waals surface area contributed by atoms with Crippen LogP contribution >= 0.6 is 11.3 Å². The van der Waals surface area contributed by atoms with Crippen LogP contribution in [0.5, 0.6) is 0 Å². The molecule has 2 N–H and O–H groups in total. The molecule has 0 fully saturated rings. The number of pyridine rings is 1. The first kappa shape index (κ1) is 9.98. The summed E-state index contributed by atoms with van der Waals surface area (Å²) in [7, 11) is 0. The number of rotatable bonds is 1. The summed E-state index contributed by atoms with van der Waals surface area (Å²) >= 11 is 1.33. The fraction of sp³-hybridized carbons (Fsp3) is 0. The lowest BCUT2D eigenvalue weighted by atomic mass is 10.1. The van der Waals surface area contributed by atoms with E-state index in [0.717, 1.165) is 0 Å². The van der Waals surface area contributed by atoms with Crippen LogP contribution in [0.2, 0.25) is 0 Å². The number of hydrogen-bond donors (Lipinski definition) is 2. The minimum Gasteiger partial charge on any atom is -0.477 e. The second-order valence-electron chi connectivity index (χ2n) is 3.53. The van der Waals surface area contributed by atoms with E-state index in [1.807, 2.05) is 0 Å². The zero-order valence-electron chi connectivity index (χ0n) is 8.43. The first-order chi connectivity index (χ1) is 8.18. The predicted octanol–water partition coefficient (Wildman–Crippen LogP) is 1.84. The molecule has 0 aliphatic heterocycles. The van der Waals surface area contributed by atoms with Gasteiger partial charge in [-0.2, -0.15) is 0 Å². The van der Waals surface area contributed by atoms with E-state index in [4.69, 9.17) is 5.11 Å². The van der Waals surface area contributed by atoms with Crippen molar-refractivity contribution >= 4 is 38.4 Å². The summed E-state index contributed by atoms with van der Waals surface area (Å²) in [6, 6.07) is 3.52. The standard InChI is InChI=1S/C11H6N2O3S/c14-9-5(11(15)16)3-12-6-1-2-7-10(8(6)9)17-4-13-7/h1-4H,(H,12,14)(H,15,16). The molecule has 6 heteroatoms. The van der Waals surface area contributed by atoms with Crippen LogP contribution in [0.4, 0.5) is 0 Å². The Bertz CT molecular complexity index is 803. The van der Waals surface area contributed by atoms with E-state index in [0.29, 0.717) is 21.1 Å². The van der Waals surface area contributed by atoms with Crippen LogP contribution in [0, 0.1) is 0 Å². The van der Waals surface area contributed by atoms with E-state index in [2.05, 4.69) is 9.97 Å². The van der Waals surface area contributed by atoms with Crippen LogP contribution in [0.1, 0.15) is 10.4 Å². The van der Waals surface area contributed by atoms with Crippen molar-refractivity contribution in [1.29, 1.82) is 0 Å². The van der Waals surface area contributed by atoms with Gasteiger partial charge in [0.05, 0.1) is 26.6 Å². The summed E-state index contributed by atoms with van der Waals surface area (Å²) in [6.45, 7) is 0. The van der Waals surface area contributed by atoms with Crippen molar-refractivity contribution in [1.82, 2.24) is 9.97 Å². The van der Waals surface area contributed by atoms with Gasteiger partial charge in [-0.05, 0) is 12.1 Å². The Morgan fingerprint density at radius 1 is 1.41 bits per heavy atom. The average molecular weight is 246 g/mol. The molecule has 2 aromatic heterocycles. The second-order valence-corrected chi connectivity index (χ2v) is 4.38. The highest BCUT2D eigenvalue weighted by molar-refractivity contribution is 7.17. The highest BCUT2D eigenvalue weighted by Crippen LogP contribution is 2.24. The van der Waals surface area contributed by atoms with Gasteiger partial charge in [0.15, 0.2) is 0 Å². The predicted molar refractivity (Wildman–Crippen MR) is 64.7 cm³/mol. The number of aromatic carboxylic acids is 1. The van der Waals surface area contributed by atoms with Gasteiger partial charge >= 0.3 is 5.97 Å². The van der Waals surface area contributed by atoms with Crippen molar-refractivity contribution in [3.8, 4) is 0 Å². The number of nitrogens with zero attached hydrogens (tertiary/aromatic N) is 1. The second kappa shape index (κ2) is 3.39. The Labute approximate surface area is 98.4 Å². The molecule has 0 saturated heterocycles. The Balaban J connectivity index is 2.60. The fourth-order valence-corrected chi connectivity index (χ4v) is 2.62. The summed E-state index contributed by atoms with van der Waals surface area (Å²) in [5.41, 5.74) is 2.24. The molecule has 3 aromatic rings. The van der Waals surface area contributed by atoms with Gasteiger partial charge in [0.2, 0.25) is 5.43 Å². The van der Waals surface area contributed by atoms with Crippen LogP contribution in [-0.4, -0.2) is 21.0 Å². The topological polar surface area (TPSA) is 83.0 Å². The van der Waals surface area contributed by atoms with Gasteiger partial charge in [-0.25, -0.2) is 9.78 Å². The molecule has 0 unspecified atom stereocenters. The number of fused-ring (bicyclic) bond motifs is 3. The molecule has 84 valence electrons. The van der Waals surface area contributed by atoms with Crippen molar-refractivity contribution in [2.75, 3.05) is 0 Å². The number of thiazole rings is 1. The molecule has 0 bridgehead atoms. The molecular weight excluding hydrogens is 240 g/mol. The number of benzene rings is 1. The van der Waals surface area contributed by atoms with Crippen LogP contribution in [0.15, 0.2) is 28.6 Å². The number of carbonyl (C=O) groups is 1. The summed E-state index contributed by atoms with van der Waals surface area (Å²) in [5.74, 6) is -1.23. The zero-order valence-corrected chi connectivity index (χ0v) is 9.25. The molecule has 17 heavy (non-hydrogen) atoms. The maximum Gasteiger partial charge on any atom is 0.341 e. The van der Waals surface area contributed by atoms with Crippen molar-refractivity contribution in [3.63, 3.8) is 0 Å². The Morgan fingerprint density at radius 2 is 2.24 bits per heavy atom. The van der Waals surface area contributed by atoms with E-state index in [1.165, 1.54) is 17.5 Å². The van der Waals surface area contributed by atoms with Crippen LogP contribution in [0.3, 0.4) is 0 Å². The molecule has 0 aliphatic carbocycles. The lowest BCUT2D eigenvalue weighted by Crippen LogP contribution is -2.15. The van der Waals surface area contributed by atoms with Crippen molar-refractivity contribution < 1.29 is 9.90 Å². The van der Waals surface area contributed by atoms with Gasteiger partial charge < -0.3 is 10.1 Å². The molecule has 5 nitrogen and oxygen atoms in total. The molecule has 0 atom stereocenters. The number of aromatic amines is 1. The molecule has 1 aromatic carbocycles. The third-order valence-corrected chi connectivity index (χ3v) is 3.43. The van der Waals surface area contributed by atoms with Crippen molar-refractivity contribution in [2.24, 2.45) is 0 Å². The summed E-state index contributed by atoms with van der Waals surface area (Å²) in [5, 5.41) is 9.31. The number of H-pyrrole nitrogens is 1. The fourth-order valence-electron chi connectivity index (χ4n) is 1.78. The smallest absolute Gasteiger partial charge is 0.341 e. The number of aromatic nitrogens is 2. The minimum absolute atomic E-state index is 0.251. The lowest BCUT2D eigenvalue weighted by molar-refractivity contribution is 0.0695. The molecule has 0 spiro atoms. The summed E-state index contributed by atoms with van der Waals surface area (Å²) in [6.07, 6.45) is 1.22. The first-order valence-corrected chi connectivity index (χ1v) is 5.67. The summed E-state index contributed by atoms with van der Waals surface area (Å²) < 4.78 is 0.715. The van der Waals surface area contributed by atoms with Crippen LogP contribution in [-0.2, 0) is 0 Å². The third kappa shape index (κ3) is 1.34. The van der Waals surface area contributed by atoms with Crippen LogP contribution < -0.4 is 5.43 Å². The van der Waals surface area contributed by atoms with Gasteiger partial charge in [0.1, 0.15) is 5.56 Å². The van der Waals surface area contributed by atoms with Crippen LogP contribution in [0.25, 0.3) is 21.1 Å². The Kier molecular flexibility index (Phi) is 1.99. The monoisotopic (exact) mass is 246 g/mol. The normalized spacial score (nSPS) is 11.1. The zero-order chi connectivity index (χ0) is 12.0. The van der Waals surface area contributed by atoms with Gasteiger partial charge in [0.25, 0.3) is 0 Å². The van der Waals surface area contributed by atoms with Crippen molar-refractivity contribution in [2.45, 2.75) is 0 Å². The van der Waals surface area contributed by atoms with E-state index < -0.39 is 11.4 Å². The highest BCUT2D eigenvalue weighted by atomic mass is 32.1. The van der Waals surface area contributed by atoms with E-state index in [-0.39, 0.29) is 5.56 Å². The van der Waals surface area contributed by atoms with Gasteiger partial charge in [-0.1, -0.05) is 0 Å². The summed E-state index contributed by atoms with van der Waals surface area (Å²) in [4.78, 5) is 29.9. The minimum atomic E-state index is -1.23. The molecule has 3 rings (SSSR count). The Morgan fingerprint density at radius 3 is 3.00 bits per heavy atom. The molecule has 2 heterocycles. The molecule has 0 aliphatic rings. The largest absolute Gasteiger partial charge is 0.477 e. The van der Waals surface area contributed by atoms with E-state index >= 15 is 0 Å². The first-order valence-electron chi connectivity index (χ1n) is 4.79. The number of hydrogen-bond acceptors (Lipinski definition) is 4. The average Bonchev–Trinajstić information content (AvgIpc) is 2.76. The van der Waals surface area contributed by atoms with Crippen molar-refractivity contribution in [3.05, 3.63) is 39.6 Å². The molecule has 0 radical (unpaired) electrons. The van der Waals surface area contributed by atoms with E-state index in [9.17, 15) is 9.59 Å². The third-order valence-electron chi connectivity index (χ3n) is 2.57. The van der Waals surface area contributed by atoms with Gasteiger partial charge in [-0.15, -0.1) is 11.3 Å². The highest BCUT2D eigenvalue weighted by Gasteiger charge is 2.14. The molecule has 0 amide bonds.